The fraction of sp³-hybridized carbons (Fsp3) is 0.500. The molecule has 1 aromatic carbocycles. The highest BCUT2D eigenvalue weighted by Gasteiger charge is 2.19. The molecule has 0 saturated heterocycles. The van der Waals surface area contributed by atoms with Gasteiger partial charge in [-0.25, -0.2) is 13.1 Å². The van der Waals surface area contributed by atoms with Crippen LogP contribution in [0.4, 0.5) is 5.69 Å². The Balaban J connectivity index is 3.05. The largest absolute Gasteiger partial charge is 0.399 e. The second kappa shape index (κ2) is 5.69. The lowest BCUT2D eigenvalue weighted by Gasteiger charge is -2.14. The standard InChI is InChI=1S/C12H20N2O3S/c1-8-5-11(13)6-12(10(8)3)18(15,16)14-7-9(2)17-4/h5-6,9,14H,7,13H2,1-4H3. The third kappa shape index (κ3) is 3.44. The van der Waals surface area contributed by atoms with E-state index in [0.29, 0.717) is 11.3 Å². The van der Waals surface area contributed by atoms with Gasteiger partial charge in [0, 0.05) is 19.3 Å². The Morgan fingerprint density at radius 2 is 2.00 bits per heavy atom. The Labute approximate surface area is 108 Å². The number of rotatable bonds is 5. The van der Waals surface area contributed by atoms with Gasteiger partial charge in [0.2, 0.25) is 10.0 Å². The van der Waals surface area contributed by atoms with E-state index in [4.69, 9.17) is 10.5 Å². The van der Waals surface area contributed by atoms with Crippen molar-refractivity contribution in [3.63, 3.8) is 0 Å². The van der Waals surface area contributed by atoms with Crippen molar-refractivity contribution in [3.8, 4) is 0 Å². The number of nitrogens with one attached hydrogen (secondary N) is 1. The average molecular weight is 272 g/mol. The Morgan fingerprint density at radius 3 is 2.56 bits per heavy atom. The number of methoxy groups -OCH3 is 1. The van der Waals surface area contributed by atoms with Gasteiger partial charge < -0.3 is 10.5 Å². The first-order valence-corrected chi connectivity index (χ1v) is 7.15. The molecule has 0 heterocycles. The minimum absolute atomic E-state index is 0.178. The molecule has 6 heteroatoms. The number of nitrogen functional groups attached to an aromatic ring is 1. The van der Waals surface area contributed by atoms with E-state index in [1.165, 1.54) is 13.2 Å². The lowest BCUT2D eigenvalue weighted by atomic mass is 10.1. The van der Waals surface area contributed by atoms with Crippen LogP contribution < -0.4 is 10.5 Å². The van der Waals surface area contributed by atoms with Crippen LogP contribution in [0, 0.1) is 13.8 Å². The molecule has 0 saturated carbocycles. The summed E-state index contributed by atoms with van der Waals surface area (Å²) in [7, 11) is -2.01. The third-order valence-electron chi connectivity index (χ3n) is 2.89. The predicted molar refractivity (Wildman–Crippen MR) is 72.0 cm³/mol. The molecule has 0 spiro atoms. The van der Waals surface area contributed by atoms with E-state index in [2.05, 4.69) is 4.72 Å². The second-order valence-corrected chi connectivity index (χ2v) is 6.09. The van der Waals surface area contributed by atoms with Gasteiger partial charge in [-0.2, -0.15) is 0 Å². The molecule has 1 unspecified atom stereocenters. The highest BCUT2D eigenvalue weighted by atomic mass is 32.2. The van der Waals surface area contributed by atoms with Gasteiger partial charge in [0.15, 0.2) is 0 Å². The lowest BCUT2D eigenvalue weighted by Crippen LogP contribution is -2.32. The number of sulfonamides is 1. The van der Waals surface area contributed by atoms with Gasteiger partial charge in [-0.05, 0) is 44.0 Å². The van der Waals surface area contributed by atoms with Crippen LogP contribution in [0.5, 0.6) is 0 Å². The molecule has 0 bridgehead atoms. The van der Waals surface area contributed by atoms with Gasteiger partial charge in [0.25, 0.3) is 0 Å². The van der Waals surface area contributed by atoms with Gasteiger partial charge in [-0.1, -0.05) is 0 Å². The summed E-state index contributed by atoms with van der Waals surface area (Å²) >= 11 is 0. The SMILES string of the molecule is COC(C)CNS(=O)(=O)c1cc(N)cc(C)c1C. The summed E-state index contributed by atoms with van der Waals surface area (Å²) in [5.74, 6) is 0. The van der Waals surface area contributed by atoms with E-state index < -0.39 is 10.0 Å². The first-order valence-electron chi connectivity index (χ1n) is 5.67. The minimum atomic E-state index is -3.55. The van der Waals surface area contributed by atoms with E-state index >= 15 is 0 Å². The van der Waals surface area contributed by atoms with Gasteiger partial charge in [0.1, 0.15) is 0 Å². The fourth-order valence-corrected chi connectivity index (χ4v) is 2.99. The summed E-state index contributed by atoms with van der Waals surface area (Å²) < 4.78 is 31.8. The summed E-state index contributed by atoms with van der Waals surface area (Å²) in [6.45, 7) is 5.62. The molecule has 0 aliphatic heterocycles. The second-order valence-electron chi connectivity index (χ2n) is 4.36. The number of ether oxygens (including phenoxy) is 1. The molecule has 0 aliphatic rings. The van der Waals surface area contributed by atoms with E-state index in [-0.39, 0.29) is 17.5 Å². The summed E-state index contributed by atoms with van der Waals surface area (Å²) in [5.41, 5.74) is 7.70. The zero-order valence-electron chi connectivity index (χ0n) is 11.1. The Kier molecular flexibility index (Phi) is 4.72. The molecule has 0 aromatic heterocycles. The lowest BCUT2D eigenvalue weighted by molar-refractivity contribution is 0.122. The maximum atomic E-state index is 12.2. The van der Waals surface area contributed by atoms with Crippen LogP contribution in [-0.4, -0.2) is 28.2 Å². The molecule has 0 amide bonds. The zero-order chi connectivity index (χ0) is 13.9. The van der Waals surface area contributed by atoms with Crippen molar-refractivity contribution in [2.24, 2.45) is 0 Å². The molecule has 1 atom stereocenters. The number of anilines is 1. The smallest absolute Gasteiger partial charge is 0.241 e. The molecule has 5 nitrogen and oxygen atoms in total. The van der Waals surface area contributed by atoms with Crippen molar-refractivity contribution in [1.29, 1.82) is 0 Å². The van der Waals surface area contributed by atoms with Crippen LogP contribution in [-0.2, 0) is 14.8 Å². The Hall–Kier alpha value is -1.11. The van der Waals surface area contributed by atoms with E-state index in [0.717, 1.165) is 5.56 Å². The van der Waals surface area contributed by atoms with Crippen LogP contribution in [0.15, 0.2) is 17.0 Å². The number of hydrogen-bond acceptors (Lipinski definition) is 4. The Bertz CT molecular complexity index is 526. The highest BCUT2D eigenvalue weighted by Crippen LogP contribution is 2.22. The fourth-order valence-electron chi connectivity index (χ4n) is 1.52. The molecule has 0 aliphatic carbocycles. The topological polar surface area (TPSA) is 81.4 Å². The molecule has 0 fully saturated rings. The molecular weight excluding hydrogens is 252 g/mol. The molecule has 3 N–H and O–H groups in total. The minimum Gasteiger partial charge on any atom is -0.399 e. The first kappa shape index (κ1) is 14.9. The summed E-state index contributed by atoms with van der Waals surface area (Å²) in [6, 6.07) is 3.23. The molecule has 1 aromatic rings. The van der Waals surface area contributed by atoms with Gasteiger partial charge in [0.05, 0.1) is 11.0 Å². The maximum Gasteiger partial charge on any atom is 0.241 e. The monoisotopic (exact) mass is 272 g/mol. The molecule has 1 rings (SSSR count). The summed E-state index contributed by atoms with van der Waals surface area (Å²) in [5, 5.41) is 0. The van der Waals surface area contributed by atoms with Crippen LogP contribution in [0.3, 0.4) is 0 Å². The van der Waals surface area contributed by atoms with Crippen molar-refractivity contribution in [2.45, 2.75) is 31.8 Å². The van der Waals surface area contributed by atoms with Crippen molar-refractivity contribution in [3.05, 3.63) is 23.3 Å². The van der Waals surface area contributed by atoms with Crippen molar-refractivity contribution in [2.75, 3.05) is 19.4 Å². The van der Waals surface area contributed by atoms with Gasteiger partial charge in [-0.3, -0.25) is 0 Å². The van der Waals surface area contributed by atoms with E-state index in [1.54, 1.807) is 19.9 Å². The van der Waals surface area contributed by atoms with Gasteiger partial charge in [-0.15, -0.1) is 0 Å². The van der Waals surface area contributed by atoms with Crippen molar-refractivity contribution in [1.82, 2.24) is 4.72 Å². The van der Waals surface area contributed by atoms with Crippen molar-refractivity contribution >= 4 is 15.7 Å². The molecule has 18 heavy (non-hydrogen) atoms. The van der Waals surface area contributed by atoms with E-state index in [1.807, 2.05) is 6.92 Å². The highest BCUT2D eigenvalue weighted by molar-refractivity contribution is 7.89. The normalized spacial score (nSPS) is 13.6. The quantitative estimate of drug-likeness (QED) is 0.789. The summed E-state index contributed by atoms with van der Waals surface area (Å²) in [6.07, 6.45) is -0.178. The number of benzene rings is 1. The number of nitrogens with two attached hydrogens (primary N) is 1. The van der Waals surface area contributed by atoms with Crippen LogP contribution in [0.25, 0.3) is 0 Å². The third-order valence-corrected chi connectivity index (χ3v) is 4.44. The predicted octanol–water partition coefficient (Wildman–Crippen LogP) is 1.20. The average Bonchev–Trinajstić information content (AvgIpc) is 2.30. The molecule has 0 radical (unpaired) electrons. The molecular formula is C12H20N2O3S. The van der Waals surface area contributed by atoms with Gasteiger partial charge >= 0.3 is 0 Å². The Morgan fingerprint density at radius 1 is 1.39 bits per heavy atom. The van der Waals surface area contributed by atoms with Crippen LogP contribution >= 0.6 is 0 Å². The molecule has 102 valence electrons. The maximum absolute atomic E-state index is 12.2. The van der Waals surface area contributed by atoms with E-state index in [9.17, 15) is 8.42 Å². The number of hydrogen-bond donors (Lipinski definition) is 2. The van der Waals surface area contributed by atoms with Crippen LogP contribution in [0.1, 0.15) is 18.1 Å². The zero-order valence-corrected chi connectivity index (χ0v) is 12.0. The van der Waals surface area contributed by atoms with Crippen LogP contribution in [0.2, 0.25) is 0 Å². The number of aryl methyl sites for hydroxylation is 1. The summed E-state index contributed by atoms with van der Waals surface area (Å²) in [4.78, 5) is 0.225. The first-order chi connectivity index (χ1) is 8.27. The van der Waals surface area contributed by atoms with Crippen molar-refractivity contribution < 1.29 is 13.2 Å².